The van der Waals surface area contributed by atoms with Gasteiger partial charge in [-0.25, -0.2) is 4.79 Å². The molecular formula is C25H25NO4. The monoisotopic (exact) mass is 403 g/mol. The first-order valence-corrected chi connectivity index (χ1v) is 9.97. The van der Waals surface area contributed by atoms with Crippen molar-refractivity contribution in [3.05, 3.63) is 76.1 Å². The van der Waals surface area contributed by atoms with Gasteiger partial charge in [-0.2, -0.15) is 0 Å². The molecule has 0 saturated heterocycles. The lowest BCUT2D eigenvalue weighted by molar-refractivity contribution is 0.0693. The Kier molecular flexibility index (Phi) is 4.77. The second kappa shape index (κ2) is 7.17. The van der Waals surface area contributed by atoms with Crippen molar-refractivity contribution in [3.8, 4) is 28.1 Å². The fourth-order valence-corrected chi connectivity index (χ4v) is 4.26. The Morgan fingerprint density at radius 3 is 2.40 bits per heavy atom. The third-order valence-corrected chi connectivity index (χ3v) is 5.84. The summed E-state index contributed by atoms with van der Waals surface area (Å²) in [7, 11) is 1.63. The van der Waals surface area contributed by atoms with Crippen molar-refractivity contribution >= 4 is 5.97 Å². The summed E-state index contributed by atoms with van der Waals surface area (Å²) in [4.78, 5) is 24.1. The third-order valence-electron chi connectivity index (χ3n) is 5.84. The first-order chi connectivity index (χ1) is 14.2. The molecule has 1 N–H and O–H groups in total. The second-order valence-corrected chi connectivity index (χ2v) is 8.81. The van der Waals surface area contributed by atoms with Crippen LogP contribution in [0.5, 0.6) is 5.75 Å². The summed E-state index contributed by atoms with van der Waals surface area (Å²) in [5, 5.41) is 9.46. The molecule has 5 nitrogen and oxygen atoms in total. The molecule has 3 aromatic rings. The average molecular weight is 403 g/mol. The molecule has 2 aromatic carbocycles. The Balaban J connectivity index is 2.00. The third kappa shape index (κ3) is 3.30. The molecular weight excluding hydrogens is 378 g/mol. The van der Waals surface area contributed by atoms with Gasteiger partial charge in [-0.1, -0.05) is 51.1 Å². The molecule has 0 bridgehead atoms. The van der Waals surface area contributed by atoms with Gasteiger partial charge in [0.1, 0.15) is 11.3 Å². The van der Waals surface area contributed by atoms with E-state index in [2.05, 4.69) is 26.8 Å². The molecule has 1 aromatic heterocycles. The molecule has 0 radical (unpaired) electrons. The molecule has 30 heavy (non-hydrogen) atoms. The maximum Gasteiger partial charge on any atom is 0.341 e. The number of benzene rings is 2. The molecule has 0 amide bonds. The number of carbonyl (C=O) groups is 1. The normalized spacial score (nSPS) is 15.3. The molecule has 1 unspecified atom stereocenters. The van der Waals surface area contributed by atoms with Crippen LogP contribution in [0.2, 0.25) is 0 Å². The number of hydrogen-bond donors (Lipinski definition) is 1. The summed E-state index contributed by atoms with van der Waals surface area (Å²) < 4.78 is 7.64. The Bertz CT molecular complexity index is 1190. The summed E-state index contributed by atoms with van der Waals surface area (Å²) in [6.07, 6.45) is 2.23. The van der Waals surface area contributed by atoms with E-state index in [0.29, 0.717) is 0 Å². The minimum absolute atomic E-state index is 0.00992. The molecule has 1 aliphatic rings. The summed E-state index contributed by atoms with van der Waals surface area (Å²) >= 11 is 0. The minimum Gasteiger partial charge on any atom is -0.496 e. The number of methoxy groups -OCH3 is 1. The van der Waals surface area contributed by atoms with Gasteiger partial charge in [-0.05, 0) is 35.1 Å². The van der Waals surface area contributed by atoms with Gasteiger partial charge in [0.15, 0.2) is 5.43 Å². The number of carboxylic acid groups (broad SMARTS) is 1. The number of carboxylic acids is 1. The Hall–Kier alpha value is -3.34. The van der Waals surface area contributed by atoms with Gasteiger partial charge >= 0.3 is 5.97 Å². The lowest BCUT2D eigenvalue weighted by Crippen LogP contribution is -2.32. The lowest BCUT2D eigenvalue weighted by Gasteiger charge is -2.39. The average Bonchev–Trinajstić information content (AvgIpc) is 2.71. The first kappa shape index (κ1) is 20.0. The smallest absolute Gasteiger partial charge is 0.341 e. The number of pyridine rings is 1. The van der Waals surface area contributed by atoms with Crippen molar-refractivity contribution in [2.45, 2.75) is 33.2 Å². The van der Waals surface area contributed by atoms with Crippen LogP contribution in [0, 0.1) is 5.41 Å². The van der Waals surface area contributed by atoms with E-state index >= 15 is 0 Å². The second-order valence-electron chi connectivity index (χ2n) is 8.81. The molecule has 5 heteroatoms. The largest absolute Gasteiger partial charge is 0.496 e. The predicted octanol–water partition coefficient (Wildman–Crippen LogP) is 5.03. The molecule has 2 heterocycles. The van der Waals surface area contributed by atoms with E-state index in [4.69, 9.17) is 4.74 Å². The number of aromatic nitrogens is 1. The van der Waals surface area contributed by atoms with Gasteiger partial charge in [0.2, 0.25) is 0 Å². The van der Waals surface area contributed by atoms with Gasteiger partial charge in [0, 0.05) is 29.4 Å². The van der Waals surface area contributed by atoms with Crippen LogP contribution in [-0.2, 0) is 6.42 Å². The van der Waals surface area contributed by atoms with Crippen LogP contribution < -0.4 is 10.2 Å². The van der Waals surface area contributed by atoms with Gasteiger partial charge in [0.05, 0.1) is 12.8 Å². The number of hydrogen-bond acceptors (Lipinski definition) is 3. The van der Waals surface area contributed by atoms with E-state index in [1.165, 1.54) is 12.3 Å². The van der Waals surface area contributed by atoms with Crippen LogP contribution in [0.25, 0.3) is 22.4 Å². The summed E-state index contributed by atoms with van der Waals surface area (Å²) in [6.45, 7) is 6.39. The zero-order valence-corrected chi connectivity index (χ0v) is 17.6. The molecule has 0 spiro atoms. The van der Waals surface area contributed by atoms with Crippen LogP contribution in [0.1, 0.15) is 42.7 Å². The van der Waals surface area contributed by atoms with E-state index in [1.807, 2.05) is 41.0 Å². The Labute approximate surface area is 175 Å². The molecule has 1 atom stereocenters. The van der Waals surface area contributed by atoms with Gasteiger partial charge in [-0.3, -0.25) is 4.79 Å². The van der Waals surface area contributed by atoms with Gasteiger partial charge < -0.3 is 14.4 Å². The number of rotatable bonds is 3. The van der Waals surface area contributed by atoms with Crippen LogP contribution in [0.3, 0.4) is 0 Å². The van der Waals surface area contributed by atoms with Crippen molar-refractivity contribution in [1.29, 1.82) is 0 Å². The van der Waals surface area contributed by atoms with Crippen molar-refractivity contribution in [2.24, 2.45) is 5.41 Å². The fraction of sp³-hybridized carbons (Fsp3) is 0.280. The quantitative estimate of drug-likeness (QED) is 0.666. The lowest BCUT2D eigenvalue weighted by atomic mass is 9.78. The van der Waals surface area contributed by atoms with Crippen LogP contribution in [0.4, 0.5) is 0 Å². The molecule has 0 fully saturated rings. The summed E-state index contributed by atoms with van der Waals surface area (Å²) in [5.74, 6) is -0.485. The van der Waals surface area contributed by atoms with E-state index in [9.17, 15) is 14.7 Å². The van der Waals surface area contributed by atoms with E-state index in [0.717, 1.165) is 40.1 Å². The fourth-order valence-electron chi connectivity index (χ4n) is 4.26. The highest BCUT2D eigenvalue weighted by atomic mass is 16.5. The SMILES string of the molecule is COc1cc2c(cc1-c1ccccc1)CC(C(C)(C)C)n1cc(C(=O)O)c(=O)cc1-2. The van der Waals surface area contributed by atoms with Crippen LogP contribution >= 0.6 is 0 Å². The zero-order chi connectivity index (χ0) is 21.6. The van der Waals surface area contributed by atoms with Crippen molar-refractivity contribution in [2.75, 3.05) is 7.11 Å². The minimum atomic E-state index is -1.20. The maximum absolute atomic E-state index is 12.5. The molecule has 4 rings (SSSR count). The summed E-state index contributed by atoms with van der Waals surface area (Å²) in [6, 6.07) is 15.6. The Morgan fingerprint density at radius 2 is 1.80 bits per heavy atom. The zero-order valence-electron chi connectivity index (χ0n) is 17.6. The highest BCUT2D eigenvalue weighted by Crippen LogP contribution is 2.45. The van der Waals surface area contributed by atoms with E-state index in [-0.39, 0.29) is 17.0 Å². The van der Waals surface area contributed by atoms with Crippen LogP contribution in [-0.4, -0.2) is 22.8 Å². The first-order valence-electron chi connectivity index (χ1n) is 9.97. The predicted molar refractivity (Wildman–Crippen MR) is 117 cm³/mol. The van der Waals surface area contributed by atoms with Gasteiger partial charge in [0.25, 0.3) is 0 Å². The summed E-state index contributed by atoms with van der Waals surface area (Å²) in [5.41, 5.74) is 3.99. The molecule has 0 saturated carbocycles. The molecule has 154 valence electrons. The number of ether oxygens (including phenoxy) is 1. The standard InChI is InChI=1S/C25H25NO4/c1-25(2,3)23-11-16-10-18(15-8-6-5-7-9-15)22(30-4)12-17(16)20-13-21(27)19(24(28)29)14-26(20)23/h5-10,12-14,23H,11H2,1-4H3,(H,28,29). The van der Waals surface area contributed by atoms with Crippen molar-refractivity contribution < 1.29 is 14.6 Å². The Morgan fingerprint density at radius 1 is 1.10 bits per heavy atom. The van der Waals surface area contributed by atoms with E-state index < -0.39 is 11.4 Å². The molecule has 1 aliphatic heterocycles. The maximum atomic E-state index is 12.5. The van der Waals surface area contributed by atoms with Crippen LogP contribution in [0.15, 0.2) is 59.5 Å². The van der Waals surface area contributed by atoms with Crippen molar-refractivity contribution in [1.82, 2.24) is 4.57 Å². The van der Waals surface area contributed by atoms with Crippen molar-refractivity contribution in [3.63, 3.8) is 0 Å². The van der Waals surface area contributed by atoms with Gasteiger partial charge in [-0.15, -0.1) is 0 Å². The highest BCUT2D eigenvalue weighted by molar-refractivity contribution is 5.88. The number of fused-ring (bicyclic) bond motifs is 3. The number of nitrogens with zero attached hydrogens (tertiary/aromatic N) is 1. The van der Waals surface area contributed by atoms with E-state index in [1.54, 1.807) is 7.11 Å². The highest BCUT2D eigenvalue weighted by Gasteiger charge is 2.34. The topological polar surface area (TPSA) is 68.5 Å². The molecule has 0 aliphatic carbocycles. The number of aromatic carboxylic acids is 1.